The van der Waals surface area contributed by atoms with E-state index in [9.17, 15) is 4.79 Å². The first kappa shape index (κ1) is 12.0. The second-order valence-corrected chi connectivity index (χ2v) is 4.28. The minimum absolute atomic E-state index is 0.113. The topological polar surface area (TPSA) is 46.9 Å². The maximum atomic E-state index is 11.8. The third-order valence-corrected chi connectivity index (χ3v) is 2.71. The molecular weight excluding hydrogens is 214 g/mol. The van der Waals surface area contributed by atoms with Crippen molar-refractivity contribution in [1.82, 2.24) is 9.55 Å². The number of nitrogens with zero attached hydrogens (tertiary/aromatic N) is 2. The van der Waals surface area contributed by atoms with Crippen LogP contribution in [-0.4, -0.2) is 21.0 Å². The average Bonchev–Trinajstić information content (AvgIpc) is 2.21. The molecule has 0 fully saturated rings. The van der Waals surface area contributed by atoms with Gasteiger partial charge in [0.1, 0.15) is 0 Å². The van der Waals surface area contributed by atoms with Gasteiger partial charge in [0.05, 0.1) is 0 Å². The van der Waals surface area contributed by atoms with Gasteiger partial charge >= 0.3 is 0 Å². The van der Waals surface area contributed by atoms with Crippen LogP contribution in [0.4, 0.5) is 5.82 Å². The van der Waals surface area contributed by atoms with Crippen LogP contribution in [0.1, 0.15) is 20.8 Å². The summed E-state index contributed by atoms with van der Waals surface area (Å²) in [5.74, 6) is 0.764. The van der Waals surface area contributed by atoms with Gasteiger partial charge < -0.3 is 9.88 Å². The van der Waals surface area contributed by atoms with Crippen LogP contribution in [0.25, 0.3) is 0 Å². The summed E-state index contributed by atoms with van der Waals surface area (Å²) in [6.07, 6.45) is 3.28. The highest BCUT2D eigenvalue weighted by atomic mass is 35.5. The Labute approximate surface area is 94.3 Å². The summed E-state index contributed by atoms with van der Waals surface area (Å²) in [4.78, 5) is 15.8. The minimum Gasteiger partial charge on any atom is -0.359 e. The number of aryl methyl sites for hydroxylation is 1. The van der Waals surface area contributed by atoms with Crippen LogP contribution in [0.2, 0.25) is 0 Å². The number of halogens is 1. The fraction of sp³-hybridized carbons (Fsp3) is 0.600. The molecule has 0 aliphatic heterocycles. The standard InChI is InChI=1S/C10H16ClN3O/c1-4-14-6-5-12-8(9(14)15)13-10(2,3)7-11/h5-6H,4,7H2,1-3H3,(H,12,13). The van der Waals surface area contributed by atoms with Crippen LogP contribution < -0.4 is 10.9 Å². The summed E-state index contributed by atoms with van der Waals surface area (Å²) in [5, 5.41) is 3.03. The van der Waals surface area contributed by atoms with Gasteiger partial charge in [-0.05, 0) is 20.8 Å². The zero-order valence-corrected chi connectivity index (χ0v) is 10.0. The lowest BCUT2D eigenvalue weighted by Gasteiger charge is -2.23. The molecule has 0 radical (unpaired) electrons. The first-order valence-electron chi connectivity index (χ1n) is 4.90. The number of aromatic nitrogens is 2. The van der Waals surface area contributed by atoms with Crippen LogP contribution in [0.15, 0.2) is 17.2 Å². The molecule has 1 N–H and O–H groups in total. The summed E-state index contributed by atoms with van der Waals surface area (Å²) in [7, 11) is 0. The number of hydrogen-bond donors (Lipinski definition) is 1. The van der Waals surface area contributed by atoms with Crippen molar-refractivity contribution < 1.29 is 0 Å². The molecule has 0 aromatic carbocycles. The Balaban J connectivity index is 3.01. The second kappa shape index (κ2) is 4.66. The highest BCUT2D eigenvalue weighted by molar-refractivity contribution is 6.18. The number of nitrogens with one attached hydrogen (secondary N) is 1. The molecular formula is C10H16ClN3O. The molecule has 0 atom stereocenters. The van der Waals surface area contributed by atoms with Crippen LogP contribution >= 0.6 is 11.6 Å². The number of hydrogen-bond acceptors (Lipinski definition) is 3. The van der Waals surface area contributed by atoms with Crippen LogP contribution in [0.3, 0.4) is 0 Å². The van der Waals surface area contributed by atoms with Gasteiger partial charge in [0.25, 0.3) is 5.56 Å². The van der Waals surface area contributed by atoms with E-state index >= 15 is 0 Å². The third-order valence-electron chi connectivity index (χ3n) is 2.05. The Morgan fingerprint density at radius 1 is 1.60 bits per heavy atom. The largest absolute Gasteiger partial charge is 0.359 e. The van der Waals surface area contributed by atoms with Crippen molar-refractivity contribution in [3.63, 3.8) is 0 Å². The fourth-order valence-corrected chi connectivity index (χ4v) is 1.20. The third kappa shape index (κ3) is 2.96. The molecule has 0 saturated carbocycles. The van der Waals surface area contributed by atoms with Crippen LogP contribution in [-0.2, 0) is 6.54 Å². The van der Waals surface area contributed by atoms with E-state index in [4.69, 9.17) is 11.6 Å². The highest BCUT2D eigenvalue weighted by Crippen LogP contribution is 2.10. The van der Waals surface area contributed by atoms with Crippen molar-refractivity contribution in [3.8, 4) is 0 Å². The molecule has 1 aromatic heterocycles. The molecule has 84 valence electrons. The average molecular weight is 230 g/mol. The molecule has 0 aliphatic carbocycles. The maximum Gasteiger partial charge on any atom is 0.293 e. The SMILES string of the molecule is CCn1ccnc(NC(C)(C)CCl)c1=O. The van der Waals surface area contributed by atoms with E-state index in [-0.39, 0.29) is 11.1 Å². The predicted molar refractivity (Wildman–Crippen MR) is 62.6 cm³/mol. The van der Waals surface area contributed by atoms with E-state index in [1.807, 2.05) is 20.8 Å². The molecule has 15 heavy (non-hydrogen) atoms. The first-order valence-corrected chi connectivity index (χ1v) is 5.43. The molecule has 4 nitrogen and oxygen atoms in total. The van der Waals surface area contributed by atoms with Crippen LogP contribution in [0, 0.1) is 0 Å². The lowest BCUT2D eigenvalue weighted by Crippen LogP contribution is -2.37. The summed E-state index contributed by atoms with van der Waals surface area (Å²) in [6.45, 7) is 6.39. The Morgan fingerprint density at radius 2 is 2.27 bits per heavy atom. The van der Waals surface area contributed by atoms with Crippen LogP contribution in [0.5, 0.6) is 0 Å². The molecule has 1 heterocycles. The summed E-state index contributed by atoms with van der Waals surface area (Å²) in [5.41, 5.74) is -0.445. The van der Waals surface area contributed by atoms with Crippen molar-refractivity contribution >= 4 is 17.4 Å². The molecule has 1 aromatic rings. The molecule has 0 unspecified atom stereocenters. The molecule has 0 spiro atoms. The number of rotatable bonds is 4. The van der Waals surface area contributed by atoms with Crippen molar-refractivity contribution in [3.05, 3.63) is 22.7 Å². The van der Waals surface area contributed by atoms with Gasteiger partial charge in [-0.25, -0.2) is 4.98 Å². The van der Waals surface area contributed by atoms with E-state index in [2.05, 4.69) is 10.3 Å². The summed E-state index contributed by atoms with van der Waals surface area (Å²) >= 11 is 5.77. The molecule has 0 bridgehead atoms. The molecule has 0 amide bonds. The van der Waals surface area contributed by atoms with Crippen molar-refractivity contribution in [1.29, 1.82) is 0 Å². The van der Waals surface area contributed by atoms with Gasteiger partial charge in [0.2, 0.25) is 0 Å². The van der Waals surface area contributed by atoms with E-state index in [1.54, 1.807) is 17.0 Å². The highest BCUT2D eigenvalue weighted by Gasteiger charge is 2.18. The van der Waals surface area contributed by atoms with Gasteiger partial charge in [0, 0.05) is 30.4 Å². The normalized spacial score (nSPS) is 11.5. The quantitative estimate of drug-likeness (QED) is 0.800. The second-order valence-electron chi connectivity index (χ2n) is 4.01. The molecule has 0 aliphatic rings. The van der Waals surface area contributed by atoms with E-state index in [1.165, 1.54) is 0 Å². The fourth-order valence-electron chi connectivity index (χ4n) is 1.14. The number of alkyl halides is 1. The first-order chi connectivity index (χ1) is 7.00. The minimum atomic E-state index is -0.333. The van der Waals surface area contributed by atoms with Gasteiger partial charge in [0.15, 0.2) is 5.82 Å². The van der Waals surface area contributed by atoms with Crippen molar-refractivity contribution in [2.45, 2.75) is 32.9 Å². The maximum absolute atomic E-state index is 11.8. The van der Waals surface area contributed by atoms with Gasteiger partial charge in [-0.3, -0.25) is 4.79 Å². The van der Waals surface area contributed by atoms with Gasteiger partial charge in [-0.2, -0.15) is 0 Å². The lowest BCUT2D eigenvalue weighted by molar-refractivity contribution is 0.628. The van der Waals surface area contributed by atoms with Crippen molar-refractivity contribution in [2.24, 2.45) is 0 Å². The molecule has 1 rings (SSSR count). The Morgan fingerprint density at radius 3 is 2.80 bits per heavy atom. The van der Waals surface area contributed by atoms with E-state index in [0.29, 0.717) is 18.2 Å². The zero-order valence-electron chi connectivity index (χ0n) is 9.25. The Bertz CT molecular complexity index is 386. The lowest BCUT2D eigenvalue weighted by atomic mass is 10.1. The zero-order chi connectivity index (χ0) is 11.5. The molecule has 5 heteroatoms. The van der Waals surface area contributed by atoms with E-state index in [0.717, 1.165) is 0 Å². The Kier molecular flexibility index (Phi) is 3.74. The van der Waals surface area contributed by atoms with Crippen molar-refractivity contribution in [2.75, 3.05) is 11.2 Å². The summed E-state index contributed by atoms with van der Waals surface area (Å²) in [6, 6.07) is 0. The van der Waals surface area contributed by atoms with Gasteiger partial charge in [-0.1, -0.05) is 0 Å². The monoisotopic (exact) mass is 229 g/mol. The summed E-state index contributed by atoms with van der Waals surface area (Å²) < 4.78 is 1.60. The predicted octanol–water partition coefficient (Wildman–Crippen LogP) is 1.69. The van der Waals surface area contributed by atoms with E-state index < -0.39 is 0 Å². The number of anilines is 1. The van der Waals surface area contributed by atoms with Gasteiger partial charge in [-0.15, -0.1) is 11.6 Å². The smallest absolute Gasteiger partial charge is 0.293 e. The molecule has 0 saturated heterocycles. The Hall–Kier alpha value is -1.03.